The Kier molecular flexibility index (Phi) is 6.48. The molecular formula is C25H32BrF2NO. The lowest BCUT2D eigenvalue weighted by atomic mass is 9.73. The lowest BCUT2D eigenvalue weighted by Crippen LogP contribution is -3.00. The third-order valence-electron chi connectivity index (χ3n) is 7.80. The molecule has 2 aromatic carbocycles. The second kappa shape index (κ2) is 8.33. The number of hydrogen-bond donors (Lipinski definition) is 1. The van der Waals surface area contributed by atoms with Crippen molar-refractivity contribution < 1.29 is 35.4 Å². The van der Waals surface area contributed by atoms with Crippen molar-refractivity contribution in [2.45, 2.75) is 63.6 Å². The van der Waals surface area contributed by atoms with Gasteiger partial charge < -0.3 is 26.6 Å². The minimum atomic E-state index is -1.41. The van der Waals surface area contributed by atoms with Gasteiger partial charge in [-0.25, -0.2) is 8.78 Å². The van der Waals surface area contributed by atoms with Gasteiger partial charge in [-0.1, -0.05) is 12.1 Å². The van der Waals surface area contributed by atoms with E-state index >= 15 is 0 Å². The zero-order valence-corrected chi connectivity index (χ0v) is 19.8. The first-order chi connectivity index (χ1) is 13.6. The first-order valence-corrected chi connectivity index (χ1v) is 10.7. The fourth-order valence-corrected chi connectivity index (χ4v) is 6.02. The molecule has 0 aromatic heterocycles. The summed E-state index contributed by atoms with van der Waals surface area (Å²) in [6, 6.07) is 10.3. The Morgan fingerprint density at radius 1 is 0.900 bits per heavy atom. The quantitative estimate of drug-likeness (QED) is 0.666. The van der Waals surface area contributed by atoms with Crippen LogP contribution in [-0.2, 0) is 5.60 Å². The van der Waals surface area contributed by atoms with Gasteiger partial charge in [-0.3, -0.25) is 0 Å². The van der Waals surface area contributed by atoms with Gasteiger partial charge in [0, 0.05) is 25.7 Å². The molecular weight excluding hydrogens is 448 g/mol. The van der Waals surface area contributed by atoms with Gasteiger partial charge in [0.2, 0.25) is 0 Å². The van der Waals surface area contributed by atoms with Gasteiger partial charge in [-0.15, -0.1) is 0 Å². The molecule has 164 valence electrons. The van der Waals surface area contributed by atoms with E-state index in [2.05, 4.69) is 14.1 Å². The Morgan fingerprint density at radius 3 is 1.77 bits per heavy atom. The van der Waals surface area contributed by atoms with Crippen molar-refractivity contribution in [3.05, 3.63) is 70.3 Å². The molecule has 0 spiro atoms. The van der Waals surface area contributed by atoms with Crippen LogP contribution in [0.1, 0.15) is 54.4 Å². The van der Waals surface area contributed by atoms with Gasteiger partial charge in [0.1, 0.15) is 17.2 Å². The standard InChI is InChI=1S/C25H32F2NO.BrH/c1-16-5-7-19(26)13-23(16)25(29,24-14-20(27)8-6-17(24)2)15-18-11-21-9-10-22(12-18)28(21,3)4;/h5-8,13-14,18,21-22,29H,9-12,15H2,1-4H3;1H/q+1;/p-1. The molecule has 2 atom stereocenters. The summed E-state index contributed by atoms with van der Waals surface area (Å²) in [5.74, 6) is -0.423. The van der Waals surface area contributed by atoms with Gasteiger partial charge in [0.15, 0.2) is 0 Å². The Hall–Kier alpha value is -1.30. The van der Waals surface area contributed by atoms with Gasteiger partial charge in [-0.2, -0.15) is 0 Å². The molecule has 5 heteroatoms. The van der Waals surface area contributed by atoms with Crippen molar-refractivity contribution in [2.24, 2.45) is 5.92 Å². The maximum atomic E-state index is 14.2. The SMILES string of the molecule is Cc1ccc(F)cc1C(O)(CC1CC2CCC(C1)[N+]2(C)C)c1cc(F)ccc1C.[Br-]. The molecule has 4 rings (SSSR count). The molecule has 2 bridgehead atoms. The summed E-state index contributed by atoms with van der Waals surface area (Å²) in [5, 5.41) is 12.1. The Labute approximate surface area is 189 Å². The monoisotopic (exact) mass is 479 g/mol. The van der Waals surface area contributed by atoms with E-state index in [4.69, 9.17) is 0 Å². The second-order valence-electron chi connectivity index (χ2n) is 9.83. The summed E-state index contributed by atoms with van der Waals surface area (Å²) in [6.07, 6.45) is 5.05. The molecule has 1 N–H and O–H groups in total. The van der Waals surface area contributed by atoms with Crippen LogP contribution in [0.15, 0.2) is 36.4 Å². The van der Waals surface area contributed by atoms with Crippen LogP contribution in [0.3, 0.4) is 0 Å². The van der Waals surface area contributed by atoms with E-state index in [1.54, 1.807) is 12.1 Å². The third-order valence-corrected chi connectivity index (χ3v) is 7.80. The van der Waals surface area contributed by atoms with Gasteiger partial charge in [-0.05, 0) is 72.7 Å². The highest BCUT2D eigenvalue weighted by Crippen LogP contribution is 2.48. The first-order valence-electron chi connectivity index (χ1n) is 10.7. The molecule has 2 saturated heterocycles. The molecule has 2 aromatic rings. The number of piperidine rings is 1. The number of halogens is 3. The van der Waals surface area contributed by atoms with Crippen LogP contribution in [0, 0.1) is 31.4 Å². The average Bonchev–Trinajstić information content (AvgIpc) is 2.83. The van der Waals surface area contributed by atoms with Crippen molar-refractivity contribution in [3.63, 3.8) is 0 Å². The van der Waals surface area contributed by atoms with Crippen molar-refractivity contribution in [3.8, 4) is 0 Å². The topological polar surface area (TPSA) is 20.2 Å². The molecule has 0 radical (unpaired) electrons. The summed E-state index contributed by atoms with van der Waals surface area (Å²) < 4.78 is 29.5. The molecule has 2 fully saturated rings. The largest absolute Gasteiger partial charge is 1.00 e. The van der Waals surface area contributed by atoms with Crippen LogP contribution >= 0.6 is 0 Å². The second-order valence-corrected chi connectivity index (χ2v) is 9.83. The summed E-state index contributed by atoms with van der Waals surface area (Å²) in [6.45, 7) is 3.78. The number of nitrogens with zero attached hydrogens (tertiary/aromatic N) is 1. The maximum absolute atomic E-state index is 14.2. The summed E-state index contributed by atoms with van der Waals surface area (Å²) in [7, 11) is 4.64. The molecule has 0 amide bonds. The van der Waals surface area contributed by atoms with E-state index in [0.717, 1.165) is 28.5 Å². The van der Waals surface area contributed by atoms with Crippen LogP contribution in [0.2, 0.25) is 0 Å². The van der Waals surface area contributed by atoms with E-state index in [1.165, 1.54) is 37.1 Å². The number of aryl methyl sites for hydroxylation is 2. The number of quaternary nitrogens is 1. The van der Waals surface area contributed by atoms with Gasteiger partial charge in [0.25, 0.3) is 0 Å². The number of hydrogen-bond acceptors (Lipinski definition) is 1. The number of rotatable bonds is 4. The number of aliphatic hydroxyl groups is 1. The highest BCUT2D eigenvalue weighted by molar-refractivity contribution is 5.44. The molecule has 2 heterocycles. The fourth-order valence-electron chi connectivity index (χ4n) is 6.02. The van der Waals surface area contributed by atoms with E-state index in [1.807, 2.05) is 13.8 Å². The fraction of sp³-hybridized carbons (Fsp3) is 0.520. The van der Waals surface area contributed by atoms with Crippen LogP contribution < -0.4 is 17.0 Å². The van der Waals surface area contributed by atoms with Gasteiger partial charge in [0.05, 0.1) is 26.2 Å². The maximum Gasteiger partial charge on any atom is 0.123 e. The van der Waals surface area contributed by atoms with E-state index in [-0.39, 0.29) is 28.6 Å². The smallest absolute Gasteiger partial charge is 0.123 e. The predicted octanol–water partition coefficient (Wildman–Crippen LogP) is 2.23. The molecule has 2 nitrogen and oxygen atoms in total. The predicted molar refractivity (Wildman–Crippen MR) is 112 cm³/mol. The third kappa shape index (κ3) is 3.96. The zero-order chi connectivity index (χ0) is 21.0. The molecule has 0 saturated carbocycles. The van der Waals surface area contributed by atoms with Crippen LogP contribution in [-0.4, -0.2) is 35.8 Å². The lowest BCUT2D eigenvalue weighted by molar-refractivity contribution is -0.931. The molecule has 2 aliphatic rings. The minimum Gasteiger partial charge on any atom is -1.00 e. The molecule has 30 heavy (non-hydrogen) atoms. The van der Waals surface area contributed by atoms with Crippen LogP contribution in [0.5, 0.6) is 0 Å². The molecule has 2 unspecified atom stereocenters. The van der Waals surface area contributed by atoms with Gasteiger partial charge >= 0.3 is 0 Å². The Morgan fingerprint density at radius 2 is 1.33 bits per heavy atom. The Balaban J connectivity index is 0.00000256. The van der Waals surface area contributed by atoms with Crippen LogP contribution in [0.4, 0.5) is 8.78 Å². The summed E-state index contributed by atoms with van der Waals surface area (Å²) >= 11 is 0. The van der Waals surface area contributed by atoms with Crippen molar-refractivity contribution in [1.82, 2.24) is 0 Å². The molecule has 2 aliphatic heterocycles. The highest BCUT2D eigenvalue weighted by atomic mass is 79.9. The first kappa shape index (κ1) is 23.4. The number of fused-ring (bicyclic) bond motifs is 2. The van der Waals surface area contributed by atoms with Crippen LogP contribution in [0.25, 0.3) is 0 Å². The van der Waals surface area contributed by atoms with E-state index < -0.39 is 5.60 Å². The van der Waals surface area contributed by atoms with E-state index in [0.29, 0.717) is 35.5 Å². The van der Waals surface area contributed by atoms with Crippen molar-refractivity contribution >= 4 is 0 Å². The Bertz CT molecular complexity index is 862. The minimum absolute atomic E-state index is 0. The van der Waals surface area contributed by atoms with Crippen molar-refractivity contribution in [1.29, 1.82) is 0 Å². The van der Waals surface area contributed by atoms with Crippen molar-refractivity contribution in [2.75, 3.05) is 14.1 Å². The number of benzene rings is 2. The normalized spacial score (nSPS) is 25.1. The van der Waals surface area contributed by atoms with E-state index in [9.17, 15) is 13.9 Å². The zero-order valence-electron chi connectivity index (χ0n) is 18.3. The summed E-state index contributed by atoms with van der Waals surface area (Å²) in [5.41, 5.74) is 1.35. The lowest BCUT2D eigenvalue weighted by Gasteiger charge is -2.46. The summed E-state index contributed by atoms with van der Waals surface area (Å²) in [4.78, 5) is 0. The highest BCUT2D eigenvalue weighted by Gasteiger charge is 2.50. The molecule has 0 aliphatic carbocycles. The average molecular weight is 480 g/mol.